The van der Waals surface area contributed by atoms with Gasteiger partial charge in [-0.3, -0.25) is 20.0 Å². The Labute approximate surface area is 108 Å². The first-order valence-electron chi connectivity index (χ1n) is 5.84. The Kier molecular flexibility index (Phi) is 3.37. The molecule has 0 amide bonds. The van der Waals surface area contributed by atoms with Crippen LogP contribution >= 0.6 is 0 Å². The molecular weight excluding hydrogens is 248 g/mol. The normalized spacial score (nSPS) is 12.3. The first-order valence-corrected chi connectivity index (χ1v) is 5.84. The molecule has 1 heterocycles. The number of aromatic amines is 1. The lowest BCUT2D eigenvalue weighted by Gasteiger charge is -2.16. The number of nitrogens with one attached hydrogen (secondary N) is 1. The van der Waals surface area contributed by atoms with Crippen molar-refractivity contribution in [3.8, 4) is 0 Å². The van der Waals surface area contributed by atoms with Crippen LogP contribution in [0.5, 0.6) is 0 Å². The molecule has 1 aromatic heterocycles. The largest absolute Gasteiger partial charge is 0.384 e. The summed E-state index contributed by atoms with van der Waals surface area (Å²) in [4.78, 5) is 21.9. The predicted molar refractivity (Wildman–Crippen MR) is 71.0 cm³/mol. The van der Waals surface area contributed by atoms with E-state index in [2.05, 4.69) is 5.10 Å². The first-order chi connectivity index (χ1) is 9.02. The Hall–Kier alpha value is -2.57. The fourth-order valence-corrected chi connectivity index (χ4v) is 2.05. The molecule has 0 aliphatic rings. The Morgan fingerprint density at radius 3 is 2.47 bits per heavy atom. The molecule has 0 spiro atoms. The van der Waals surface area contributed by atoms with Gasteiger partial charge in [0.2, 0.25) is 0 Å². The Balaban J connectivity index is 2.39. The van der Waals surface area contributed by atoms with E-state index >= 15 is 0 Å². The second-order valence-electron chi connectivity index (χ2n) is 4.19. The van der Waals surface area contributed by atoms with E-state index in [4.69, 9.17) is 5.73 Å². The molecule has 2 aromatic rings. The summed E-state index contributed by atoms with van der Waals surface area (Å²) in [6, 6.07) is 7.25. The van der Waals surface area contributed by atoms with Crippen LogP contribution in [0.3, 0.4) is 0 Å². The monoisotopic (exact) mass is 262 g/mol. The maximum atomic E-state index is 11.7. The fourth-order valence-electron chi connectivity index (χ4n) is 2.05. The zero-order valence-corrected chi connectivity index (χ0v) is 10.4. The van der Waals surface area contributed by atoms with E-state index in [9.17, 15) is 14.9 Å². The summed E-state index contributed by atoms with van der Waals surface area (Å²) >= 11 is 0. The Morgan fingerprint density at radius 2 is 2.05 bits per heavy atom. The summed E-state index contributed by atoms with van der Waals surface area (Å²) in [5, 5.41) is 13.4. The highest BCUT2D eigenvalue weighted by Gasteiger charge is 2.16. The summed E-state index contributed by atoms with van der Waals surface area (Å²) in [6.07, 6.45) is 0.664. The van der Waals surface area contributed by atoms with Gasteiger partial charge < -0.3 is 5.73 Å². The lowest BCUT2D eigenvalue weighted by atomic mass is 10.0. The quantitative estimate of drug-likeness (QED) is 0.645. The number of aromatic nitrogens is 2. The number of non-ortho nitro benzene ring substituents is 1. The van der Waals surface area contributed by atoms with Crippen molar-refractivity contribution in [2.45, 2.75) is 19.4 Å². The summed E-state index contributed by atoms with van der Waals surface area (Å²) in [5.74, 6) is 0.297. The minimum absolute atomic E-state index is 0.0250. The second-order valence-corrected chi connectivity index (χ2v) is 4.19. The predicted octanol–water partition coefficient (Wildman–Crippen LogP) is 1.67. The topological polar surface area (TPSA) is 107 Å². The maximum Gasteiger partial charge on any atom is 0.269 e. The van der Waals surface area contributed by atoms with Gasteiger partial charge in [0.25, 0.3) is 11.2 Å². The number of anilines is 1. The number of H-pyrrole nitrogens is 1. The zero-order valence-electron chi connectivity index (χ0n) is 10.4. The number of hydrogen-bond acceptors (Lipinski definition) is 4. The molecule has 0 radical (unpaired) electrons. The molecule has 1 atom stereocenters. The standard InChI is InChI=1S/C12H14N4O3/c1-2-10(15-12(17)7-11(13)14-15)8-3-5-9(6-4-8)16(18)19/h3-7,10,14H,2,13H2,1H3. The zero-order chi connectivity index (χ0) is 14.0. The van der Waals surface area contributed by atoms with Crippen molar-refractivity contribution in [3.05, 3.63) is 56.4 Å². The Morgan fingerprint density at radius 1 is 1.42 bits per heavy atom. The van der Waals surface area contributed by atoms with E-state index in [-0.39, 0.29) is 17.3 Å². The van der Waals surface area contributed by atoms with Crippen molar-refractivity contribution in [3.63, 3.8) is 0 Å². The van der Waals surface area contributed by atoms with Crippen LogP contribution in [0.15, 0.2) is 35.1 Å². The number of hydrogen-bond donors (Lipinski definition) is 2. The van der Waals surface area contributed by atoms with Crippen LogP contribution < -0.4 is 11.3 Å². The number of nitrogens with zero attached hydrogens (tertiary/aromatic N) is 2. The van der Waals surface area contributed by atoms with Crippen molar-refractivity contribution in [1.29, 1.82) is 0 Å². The van der Waals surface area contributed by atoms with Crippen LogP contribution in [0, 0.1) is 10.1 Å². The van der Waals surface area contributed by atoms with Gasteiger partial charge in [-0.1, -0.05) is 19.1 Å². The van der Waals surface area contributed by atoms with Crippen LogP contribution in [0.25, 0.3) is 0 Å². The Bertz CT molecular complexity index is 642. The van der Waals surface area contributed by atoms with Crippen molar-refractivity contribution >= 4 is 11.5 Å². The molecule has 2 rings (SSSR count). The SMILES string of the molecule is CCC(c1ccc([N+](=O)[O-])cc1)n1[nH]c(N)cc1=O. The number of benzene rings is 1. The molecule has 0 fully saturated rings. The molecule has 7 heteroatoms. The van der Waals surface area contributed by atoms with Gasteiger partial charge in [0.05, 0.1) is 11.0 Å². The van der Waals surface area contributed by atoms with Crippen LogP contribution in [0.2, 0.25) is 0 Å². The molecule has 3 N–H and O–H groups in total. The highest BCUT2D eigenvalue weighted by atomic mass is 16.6. The van der Waals surface area contributed by atoms with Crippen molar-refractivity contribution < 1.29 is 4.92 Å². The molecule has 0 bridgehead atoms. The molecular formula is C12H14N4O3. The molecule has 7 nitrogen and oxygen atoms in total. The van der Waals surface area contributed by atoms with Gasteiger partial charge in [0.1, 0.15) is 5.82 Å². The van der Waals surface area contributed by atoms with Crippen LogP contribution in [-0.4, -0.2) is 14.7 Å². The van der Waals surface area contributed by atoms with E-state index in [1.54, 1.807) is 12.1 Å². The second kappa shape index (κ2) is 4.97. The summed E-state index contributed by atoms with van der Waals surface area (Å²) in [5.41, 5.74) is 6.17. The fraction of sp³-hybridized carbons (Fsp3) is 0.250. The van der Waals surface area contributed by atoms with Crippen molar-refractivity contribution in [2.75, 3.05) is 5.73 Å². The summed E-state index contributed by atoms with van der Waals surface area (Å²) in [7, 11) is 0. The maximum absolute atomic E-state index is 11.7. The summed E-state index contributed by atoms with van der Waals surface area (Å²) in [6.45, 7) is 1.93. The highest BCUT2D eigenvalue weighted by molar-refractivity contribution is 5.35. The lowest BCUT2D eigenvalue weighted by molar-refractivity contribution is -0.384. The number of nitrogens with two attached hydrogens (primary N) is 1. The first kappa shape index (κ1) is 12.9. The lowest BCUT2D eigenvalue weighted by Crippen LogP contribution is -2.22. The molecule has 0 aliphatic heterocycles. The molecule has 19 heavy (non-hydrogen) atoms. The minimum atomic E-state index is -0.455. The minimum Gasteiger partial charge on any atom is -0.384 e. The van der Waals surface area contributed by atoms with Gasteiger partial charge in [-0.15, -0.1) is 0 Å². The van der Waals surface area contributed by atoms with Gasteiger partial charge in [-0.25, -0.2) is 4.68 Å². The van der Waals surface area contributed by atoms with Gasteiger partial charge in [-0.05, 0) is 12.0 Å². The van der Waals surface area contributed by atoms with Gasteiger partial charge in [0.15, 0.2) is 0 Å². The van der Waals surface area contributed by atoms with E-state index in [0.717, 1.165) is 5.56 Å². The number of nitrogen functional groups attached to an aromatic ring is 1. The van der Waals surface area contributed by atoms with E-state index in [0.29, 0.717) is 12.2 Å². The third-order valence-corrected chi connectivity index (χ3v) is 2.95. The molecule has 1 unspecified atom stereocenters. The van der Waals surface area contributed by atoms with Gasteiger partial charge >= 0.3 is 0 Å². The molecule has 0 saturated heterocycles. The van der Waals surface area contributed by atoms with E-state index in [1.165, 1.54) is 22.9 Å². The molecule has 0 aliphatic carbocycles. The average Bonchev–Trinajstić information content (AvgIpc) is 2.70. The van der Waals surface area contributed by atoms with Gasteiger partial charge in [-0.2, -0.15) is 0 Å². The van der Waals surface area contributed by atoms with Crippen LogP contribution in [-0.2, 0) is 0 Å². The molecule has 100 valence electrons. The van der Waals surface area contributed by atoms with Gasteiger partial charge in [0, 0.05) is 18.2 Å². The molecule has 1 aromatic carbocycles. The van der Waals surface area contributed by atoms with Crippen molar-refractivity contribution in [2.24, 2.45) is 0 Å². The van der Waals surface area contributed by atoms with E-state index in [1.807, 2.05) is 6.92 Å². The number of nitro benzene ring substituents is 1. The third kappa shape index (κ3) is 2.49. The van der Waals surface area contributed by atoms with Crippen molar-refractivity contribution in [1.82, 2.24) is 9.78 Å². The van der Waals surface area contributed by atoms with E-state index < -0.39 is 4.92 Å². The highest BCUT2D eigenvalue weighted by Crippen LogP contribution is 2.22. The summed E-state index contributed by atoms with van der Waals surface area (Å²) < 4.78 is 1.43. The van der Waals surface area contributed by atoms with Crippen LogP contribution in [0.1, 0.15) is 24.9 Å². The third-order valence-electron chi connectivity index (χ3n) is 2.95. The van der Waals surface area contributed by atoms with Crippen LogP contribution in [0.4, 0.5) is 11.5 Å². The number of nitro groups is 1. The number of rotatable bonds is 4. The smallest absolute Gasteiger partial charge is 0.269 e. The molecule has 0 saturated carbocycles. The average molecular weight is 262 g/mol.